The van der Waals surface area contributed by atoms with Crippen LogP contribution in [-0.2, 0) is 11.4 Å². The molecule has 19 heavy (non-hydrogen) atoms. The van der Waals surface area contributed by atoms with Crippen LogP contribution in [0.4, 0.5) is 5.69 Å². The molecule has 0 radical (unpaired) electrons. The number of carbonyl (C=O) groups excluding carboxylic acids is 1. The molecular formula is C15H20N2O2. The van der Waals surface area contributed by atoms with Crippen LogP contribution in [0.25, 0.3) is 0 Å². The van der Waals surface area contributed by atoms with Crippen LogP contribution in [0.2, 0.25) is 0 Å². The molecule has 0 bridgehead atoms. The van der Waals surface area contributed by atoms with E-state index in [4.69, 9.17) is 0 Å². The second kappa shape index (κ2) is 5.31. The molecule has 3 unspecified atom stereocenters. The quantitative estimate of drug-likeness (QED) is 0.772. The van der Waals surface area contributed by atoms with E-state index in [2.05, 4.69) is 10.6 Å². The Balaban J connectivity index is 1.71. The highest BCUT2D eigenvalue weighted by Crippen LogP contribution is 2.38. The molecule has 102 valence electrons. The zero-order chi connectivity index (χ0) is 13.2. The van der Waals surface area contributed by atoms with Crippen LogP contribution >= 0.6 is 0 Å². The maximum Gasteiger partial charge on any atom is 0.241 e. The summed E-state index contributed by atoms with van der Waals surface area (Å²) in [5, 5.41) is 15.6. The third kappa shape index (κ3) is 2.38. The Morgan fingerprint density at radius 2 is 2.21 bits per heavy atom. The van der Waals surface area contributed by atoms with Crippen molar-refractivity contribution in [2.24, 2.45) is 11.8 Å². The van der Waals surface area contributed by atoms with Crippen LogP contribution in [0.15, 0.2) is 24.3 Å². The number of aliphatic hydroxyl groups is 1. The Morgan fingerprint density at radius 3 is 3.05 bits per heavy atom. The van der Waals surface area contributed by atoms with Crippen LogP contribution in [0.1, 0.15) is 24.8 Å². The molecule has 1 aromatic carbocycles. The van der Waals surface area contributed by atoms with Crippen molar-refractivity contribution in [3.05, 3.63) is 29.8 Å². The minimum absolute atomic E-state index is 0.0373. The molecule has 1 aliphatic carbocycles. The summed E-state index contributed by atoms with van der Waals surface area (Å²) >= 11 is 0. The fourth-order valence-electron chi connectivity index (χ4n) is 3.47. The molecule has 4 heteroatoms. The van der Waals surface area contributed by atoms with Gasteiger partial charge in [0.2, 0.25) is 5.91 Å². The largest absolute Gasteiger partial charge is 0.392 e. The average molecular weight is 260 g/mol. The highest BCUT2D eigenvalue weighted by Gasteiger charge is 2.42. The van der Waals surface area contributed by atoms with E-state index in [9.17, 15) is 9.90 Å². The molecule has 1 aliphatic heterocycles. The van der Waals surface area contributed by atoms with E-state index in [1.165, 1.54) is 12.8 Å². The van der Waals surface area contributed by atoms with Gasteiger partial charge >= 0.3 is 0 Å². The molecule has 3 N–H and O–H groups in total. The minimum atomic E-state index is -0.0701. The first-order valence-corrected chi connectivity index (χ1v) is 7.02. The van der Waals surface area contributed by atoms with Gasteiger partial charge in [-0.25, -0.2) is 0 Å². The zero-order valence-electron chi connectivity index (χ0n) is 10.9. The Hall–Kier alpha value is -1.39. The summed E-state index contributed by atoms with van der Waals surface area (Å²) in [6.07, 6.45) is 3.64. The second-order valence-corrected chi connectivity index (χ2v) is 5.55. The van der Waals surface area contributed by atoms with Crippen molar-refractivity contribution in [3.63, 3.8) is 0 Å². The average Bonchev–Trinajstić information content (AvgIpc) is 3.01. The summed E-state index contributed by atoms with van der Waals surface area (Å²) in [4.78, 5) is 12.4. The van der Waals surface area contributed by atoms with Gasteiger partial charge in [0.1, 0.15) is 0 Å². The van der Waals surface area contributed by atoms with Crippen molar-refractivity contribution in [2.45, 2.75) is 31.9 Å². The Bertz CT molecular complexity index is 475. The van der Waals surface area contributed by atoms with Gasteiger partial charge in [-0.2, -0.15) is 0 Å². The first-order valence-electron chi connectivity index (χ1n) is 7.02. The van der Waals surface area contributed by atoms with E-state index in [0.717, 1.165) is 24.2 Å². The molecule has 1 saturated carbocycles. The van der Waals surface area contributed by atoms with Gasteiger partial charge in [-0.15, -0.1) is 0 Å². The summed E-state index contributed by atoms with van der Waals surface area (Å²) in [5.74, 6) is 1.19. The lowest BCUT2D eigenvalue weighted by atomic mass is 9.93. The van der Waals surface area contributed by atoms with Gasteiger partial charge < -0.3 is 15.7 Å². The van der Waals surface area contributed by atoms with E-state index in [0.29, 0.717) is 11.8 Å². The van der Waals surface area contributed by atoms with Crippen molar-refractivity contribution in [1.29, 1.82) is 0 Å². The highest BCUT2D eigenvalue weighted by molar-refractivity contribution is 5.96. The minimum Gasteiger partial charge on any atom is -0.392 e. The number of carbonyl (C=O) groups is 1. The third-order valence-corrected chi connectivity index (χ3v) is 4.47. The van der Waals surface area contributed by atoms with Gasteiger partial charge in [-0.3, -0.25) is 4.79 Å². The Labute approximate surface area is 113 Å². The predicted molar refractivity (Wildman–Crippen MR) is 73.6 cm³/mol. The van der Waals surface area contributed by atoms with Gasteiger partial charge in [0.15, 0.2) is 0 Å². The van der Waals surface area contributed by atoms with Crippen molar-refractivity contribution in [2.75, 3.05) is 11.9 Å². The Kier molecular flexibility index (Phi) is 3.53. The summed E-state index contributed by atoms with van der Waals surface area (Å²) in [6.45, 7) is 0.908. The molecule has 0 spiro atoms. The Morgan fingerprint density at radius 1 is 1.37 bits per heavy atom. The lowest BCUT2D eigenvalue weighted by Crippen LogP contribution is -2.39. The van der Waals surface area contributed by atoms with E-state index in [1.807, 2.05) is 24.3 Å². The van der Waals surface area contributed by atoms with Gasteiger partial charge in [0.05, 0.1) is 12.6 Å². The fraction of sp³-hybridized carbons (Fsp3) is 0.533. The van der Waals surface area contributed by atoms with Crippen LogP contribution in [0.5, 0.6) is 0 Å². The first kappa shape index (κ1) is 12.6. The molecule has 3 rings (SSSR count). The van der Waals surface area contributed by atoms with Crippen LogP contribution in [0.3, 0.4) is 0 Å². The summed E-state index contributed by atoms with van der Waals surface area (Å²) in [7, 11) is 0. The maximum atomic E-state index is 12.4. The third-order valence-electron chi connectivity index (χ3n) is 4.47. The number of hydrogen-bond acceptors (Lipinski definition) is 3. The van der Waals surface area contributed by atoms with Crippen molar-refractivity contribution >= 4 is 11.6 Å². The SMILES string of the molecule is O=C(Nc1ccccc1CO)C1NCC2CCCC21. The maximum absolute atomic E-state index is 12.4. The zero-order valence-corrected chi connectivity index (χ0v) is 10.9. The number of aliphatic hydroxyl groups excluding tert-OH is 1. The monoisotopic (exact) mass is 260 g/mol. The molecule has 1 amide bonds. The smallest absolute Gasteiger partial charge is 0.241 e. The van der Waals surface area contributed by atoms with E-state index < -0.39 is 0 Å². The fourth-order valence-corrected chi connectivity index (χ4v) is 3.47. The molecule has 0 aromatic heterocycles. The van der Waals surface area contributed by atoms with E-state index in [1.54, 1.807) is 0 Å². The molecule has 3 atom stereocenters. The molecule has 1 saturated heterocycles. The van der Waals surface area contributed by atoms with E-state index in [-0.39, 0.29) is 18.6 Å². The first-order chi connectivity index (χ1) is 9.29. The lowest BCUT2D eigenvalue weighted by molar-refractivity contribution is -0.118. The molecule has 1 heterocycles. The van der Waals surface area contributed by atoms with Gasteiger partial charge in [0.25, 0.3) is 0 Å². The molecule has 1 aromatic rings. The predicted octanol–water partition coefficient (Wildman–Crippen LogP) is 1.51. The number of hydrogen-bond donors (Lipinski definition) is 3. The van der Waals surface area contributed by atoms with Crippen LogP contribution in [0, 0.1) is 11.8 Å². The number of anilines is 1. The molecule has 2 fully saturated rings. The van der Waals surface area contributed by atoms with Crippen LogP contribution in [-0.4, -0.2) is 23.6 Å². The number of benzene rings is 1. The molecule has 4 nitrogen and oxygen atoms in total. The number of para-hydroxylation sites is 1. The lowest BCUT2D eigenvalue weighted by Gasteiger charge is -2.18. The summed E-state index contributed by atoms with van der Waals surface area (Å²) < 4.78 is 0. The normalized spacial score (nSPS) is 29.2. The molecular weight excluding hydrogens is 240 g/mol. The second-order valence-electron chi connectivity index (χ2n) is 5.55. The van der Waals surface area contributed by atoms with Crippen LogP contribution < -0.4 is 10.6 Å². The van der Waals surface area contributed by atoms with Gasteiger partial charge in [-0.1, -0.05) is 24.6 Å². The number of amides is 1. The van der Waals surface area contributed by atoms with Gasteiger partial charge in [-0.05, 0) is 37.3 Å². The topological polar surface area (TPSA) is 61.4 Å². The van der Waals surface area contributed by atoms with Crippen molar-refractivity contribution in [1.82, 2.24) is 5.32 Å². The van der Waals surface area contributed by atoms with E-state index >= 15 is 0 Å². The standard InChI is InChI=1S/C15H20N2O2/c18-9-11-4-1-2-7-13(11)17-15(19)14-12-6-3-5-10(12)8-16-14/h1-2,4,7,10,12,14,16,18H,3,5-6,8-9H2,(H,17,19). The van der Waals surface area contributed by atoms with Crippen molar-refractivity contribution in [3.8, 4) is 0 Å². The summed E-state index contributed by atoms with van der Waals surface area (Å²) in [6, 6.07) is 7.33. The van der Waals surface area contributed by atoms with Gasteiger partial charge in [0, 0.05) is 11.3 Å². The summed E-state index contributed by atoms with van der Waals surface area (Å²) in [5.41, 5.74) is 1.48. The number of nitrogens with one attached hydrogen (secondary N) is 2. The number of fused-ring (bicyclic) bond motifs is 1. The molecule has 2 aliphatic rings. The van der Waals surface area contributed by atoms with Crippen molar-refractivity contribution < 1.29 is 9.90 Å². The highest BCUT2D eigenvalue weighted by atomic mass is 16.3. The number of rotatable bonds is 3.